The minimum absolute atomic E-state index is 0.115. The molecule has 0 spiro atoms. The van der Waals surface area contributed by atoms with Crippen molar-refractivity contribution in [2.75, 3.05) is 7.11 Å². The number of hydrogen-bond acceptors (Lipinski definition) is 3. The predicted molar refractivity (Wildman–Crippen MR) is 80.6 cm³/mol. The number of esters is 1. The van der Waals surface area contributed by atoms with Gasteiger partial charge in [-0.15, -0.1) is 0 Å². The van der Waals surface area contributed by atoms with E-state index in [1.807, 2.05) is 0 Å². The van der Waals surface area contributed by atoms with Crippen molar-refractivity contribution in [2.45, 2.75) is 18.6 Å². The van der Waals surface area contributed by atoms with Crippen LogP contribution in [0.4, 0.5) is 13.2 Å². The van der Waals surface area contributed by atoms with E-state index in [-0.39, 0.29) is 12.0 Å². The number of carbonyl (C=O) groups excluding carboxylic acids is 1. The van der Waals surface area contributed by atoms with Gasteiger partial charge in [-0.05, 0) is 29.2 Å². The van der Waals surface area contributed by atoms with Crippen LogP contribution in [-0.4, -0.2) is 19.1 Å². The second-order valence-corrected chi connectivity index (χ2v) is 5.07. The van der Waals surface area contributed by atoms with E-state index in [1.54, 1.807) is 30.3 Å². The first kappa shape index (κ1) is 17.0. The maximum atomic E-state index is 13.0. The molecule has 2 aromatic rings. The van der Waals surface area contributed by atoms with Gasteiger partial charge in [-0.1, -0.05) is 42.5 Å². The summed E-state index contributed by atoms with van der Waals surface area (Å²) in [4.78, 5) is 11.3. The van der Waals surface area contributed by atoms with Crippen LogP contribution in [0.5, 0.6) is 0 Å². The summed E-state index contributed by atoms with van der Waals surface area (Å²) in [7, 11) is 1.25. The van der Waals surface area contributed by atoms with Gasteiger partial charge >= 0.3 is 12.1 Å². The summed E-state index contributed by atoms with van der Waals surface area (Å²) in [6.45, 7) is 0. The van der Waals surface area contributed by atoms with E-state index >= 15 is 0 Å². The largest absolute Gasteiger partial charge is 0.468 e. The van der Waals surface area contributed by atoms with E-state index in [4.69, 9.17) is 5.73 Å². The third kappa shape index (κ3) is 4.10. The van der Waals surface area contributed by atoms with Gasteiger partial charge in [-0.25, -0.2) is 0 Å². The van der Waals surface area contributed by atoms with Crippen molar-refractivity contribution >= 4 is 5.97 Å². The molecular weight excluding hydrogens is 307 g/mol. The van der Waals surface area contributed by atoms with Gasteiger partial charge in [0.25, 0.3) is 0 Å². The van der Waals surface area contributed by atoms with Crippen LogP contribution in [0.1, 0.15) is 11.1 Å². The number of benzene rings is 2. The molecule has 2 N–H and O–H groups in total. The molecule has 0 aromatic heterocycles. The standard InChI is InChI=1S/C17H16F3NO2/c1-23-16(22)15(21)10-11-6-8-12(9-7-11)13-4-2-3-5-14(13)17(18,19)20/h2-9,15H,10,21H2,1H3. The maximum absolute atomic E-state index is 13.0. The first-order chi connectivity index (χ1) is 10.8. The van der Waals surface area contributed by atoms with Crippen LogP contribution in [0.3, 0.4) is 0 Å². The fourth-order valence-corrected chi connectivity index (χ4v) is 2.29. The minimum atomic E-state index is -4.41. The van der Waals surface area contributed by atoms with Gasteiger partial charge in [0.2, 0.25) is 0 Å². The molecule has 6 heteroatoms. The summed E-state index contributed by atoms with van der Waals surface area (Å²) < 4.78 is 43.7. The molecule has 23 heavy (non-hydrogen) atoms. The van der Waals surface area contributed by atoms with Crippen LogP contribution < -0.4 is 5.73 Å². The van der Waals surface area contributed by atoms with Crippen molar-refractivity contribution in [2.24, 2.45) is 5.73 Å². The van der Waals surface area contributed by atoms with Gasteiger partial charge < -0.3 is 10.5 Å². The number of carbonyl (C=O) groups is 1. The number of rotatable bonds is 4. The molecule has 3 nitrogen and oxygen atoms in total. The molecule has 0 saturated heterocycles. The molecule has 0 fully saturated rings. The van der Waals surface area contributed by atoms with Crippen molar-refractivity contribution < 1.29 is 22.7 Å². The average Bonchev–Trinajstić information content (AvgIpc) is 2.54. The monoisotopic (exact) mass is 323 g/mol. The summed E-state index contributed by atoms with van der Waals surface area (Å²) >= 11 is 0. The van der Waals surface area contributed by atoms with E-state index in [9.17, 15) is 18.0 Å². The van der Waals surface area contributed by atoms with Crippen LogP contribution in [-0.2, 0) is 22.1 Å². The average molecular weight is 323 g/mol. The smallest absolute Gasteiger partial charge is 0.417 e. The quantitative estimate of drug-likeness (QED) is 0.877. The number of ether oxygens (including phenoxy) is 1. The van der Waals surface area contributed by atoms with E-state index in [0.717, 1.165) is 11.6 Å². The normalized spacial score (nSPS) is 12.7. The highest BCUT2D eigenvalue weighted by molar-refractivity contribution is 5.75. The summed E-state index contributed by atoms with van der Waals surface area (Å²) in [6.07, 6.45) is -4.16. The van der Waals surface area contributed by atoms with Crippen molar-refractivity contribution in [3.05, 3.63) is 59.7 Å². The summed E-state index contributed by atoms with van der Waals surface area (Å²) in [5.74, 6) is -0.531. The van der Waals surface area contributed by atoms with Crippen LogP contribution in [0.15, 0.2) is 48.5 Å². The molecular formula is C17H16F3NO2. The molecule has 0 amide bonds. The minimum Gasteiger partial charge on any atom is -0.468 e. The van der Waals surface area contributed by atoms with Gasteiger partial charge in [0.15, 0.2) is 0 Å². The molecule has 1 atom stereocenters. The third-order valence-electron chi connectivity index (χ3n) is 3.46. The Morgan fingerprint density at radius 3 is 2.30 bits per heavy atom. The number of methoxy groups -OCH3 is 1. The lowest BCUT2D eigenvalue weighted by Crippen LogP contribution is -2.33. The summed E-state index contributed by atoms with van der Waals surface area (Å²) in [6, 6.07) is 11.1. The molecule has 0 aliphatic heterocycles. The Morgan fingerprint density at radius 1 is 1.13 bits per heavy atom. The van der Waals surface area contributed by atoms with E-state index < -0.39 is 23.8 Å². The first-order valence-electron chi connectivity index (χ1n) is 6.92. The molecule has 0 aliphatic carbocycles. The molecule has 0 radical (unpaired) electrons. The Bertz CT molecular complexity index is 681. The number of alkyl halides is 3. The highest BCUT2D eigenvalue weighted by Gasteiger charge is 2.33. The number of nitrogens with two attached hydrogens (primary N) is 1. The molecule has 2 rings (SSSR count). The zero-order valence-corrected chi connectivity index (χ0v) is 12.4. The van der Waals surface area contributed by atoms with Gasteiger partial charge in [0, 0.05) is 0 Å². The SMILES string of the molecule is COC(=O)C(N)Cc1ccc(-c2ccccc2C(F)(F)F)cc1. The maximum Gasteiger partial charge on any atom is 0.417 e. The van der Waals surface area contributed by atoms with Crippen LogP contribution >= 0.6 is 0 Å². The highest BCUT2D eigenvalue weighted by Crippen LogP contribution is 2.36. The highest BCUT2D eigenvalue weighted by atomic mass is 19.4. The second kappa shape index (κ2) is 6.83. The lowest BCUT2D eigenvalue weighted by atomic mass is 9.97. The number of halogens is 3. The Hall–Kier alpha value is -2.34. The van der Waals surface area contributed by atoms with E-state index in [2.05, 4.69) is 4.74 Å². The van der Waals surface area contributed by atoms with Crippen molar-refractivity contribution in [1.29, 1.82) is 0 Å². The zero-order chi connectivity index (χ0) is 17.0. The fraction of sp³-hybridized carbons (Fsp3) is 0.235. The zero-order valence-electron chi connectivity index (χ0n) is 12.4. The van der Waals surface area contributed by atoms with Crippen LogP contribution in [0.2, 0.25) is 0 Å². The van der Waals surface area contributed by atoms with Gasteiger partial charge in [-0.2, -0.15) is 13.2 Å². The topological polar surface area (TPSA) is 52.3 Å². The predicted octanol–water partition coefficient (Wildman–Crippen LogP) is 3.42. The molecule has 0 aliphatic rings. The second-order valence-electron chi connectivity index (χ2n) is 5.07. The first-order valence-corrected chi connectivity index (χ1v) is 6.92. The lowest BCUT2D eigenvalue weighted by Gasteiger charge is -2.13. The van der Waals surface area contributed by atoms with E-state index in [0.29, 0.717) is 5.56 Å². The molecule has 0 heterocycles. The lowest BCUT2D eigenvalue weighted by molar-refractivity contribution is -0.142. The Balaban J connectivity index is 2.26. The molecule has 1 unspecified atom stereocenters. The Labute approximate surface area is 131 Å². The Morgan fingerprint density at radius 2 is 1.74 bits per heavy atom. The van der Waals surface area contributed by atoms with Crippen LogP contribution in [0, 0.1) is 0 Å². The van der Waals surface area contributed by atoms with E-state index in [1.165, 1.54) is 19.2 Å². The van der Waals surface area contributed by atoms with Gasteiger partial charge in [-0.3, -0.25) is 4.79 Å². The number of hydrogen-bond donors (Lipinski definition) is 1. The Kier molecular flexibility index (Phi) is 5.05. The third-order valence-corrected chi connectivity index (χ3v) is 3.46. The molecule has 0 bridgehead atoms. The summed E-state index contributed by atoms with van der Waals surface area (Å²) in [5, 5.41) is 0. The van der Waals surface area contributed by atoms with Crippen molar-refractivity contribution in [1.82, 2.24) is 0 Å². The van der Waals surface area contributed by atoms with Gasteiger partial charge in [0.1, 0.15) is 6.04 Å². The summed E-state index contributed by atoms with van der Waals surface area (Å²) in [5.41, 5.74) is 6.30. The van der Waals surface area contributed by atoms with Crippen molar-refractivity contribution in [3.63, 3.8) is 0 Å². The fourth-order valence-electron chi connectivity index (χ4n) is 2.29. The van der Waals surface area contributed by atoms with Crippen LogP contribution in [0.25, 0.3) is 11.1 Å². The van der Waals surface area contributed by atoms with Crippen molar-refractivity contribution in [3.8, 4) is 11.1 Å². The molecule has 122 valence electrons. The molecule has 0 saturated carbocycles. The molecule has 2 aromatic carbocycles. The van der Waals surface area contributed by atoms with Gasteiger partial charge in [0.05, 0.1) is 12.7 Å².